The van der Waals surface area contributed by atoms with Crippen LogP contribution in [-0.4, -0.2) is 93.1 Å². The van der Waals surface area contributed by atoms with Gasteiger partial charge in [0, 0.05) is 23.0 Å². The Morgan fingerprint density at radius 3 is 2.20 bits per heavy atom. The predicted octanol–water partition coefficient (Wildman–Crippen LogP) is 6.02. The van der Waals surface area contributed by atoms with Gasteiger partial charge in [0.2, 0.25) is 11.8 Å². The normalized spacial score (nSPS) is 12.4. The van der Waals surface area contributed by atoms with Gasteiger partial charge in [-0.1, -0.05) is 39.0 Å². The molecule has 4 N–H and O–H groups in total. The molecule has 0 radical (unpaired) electrons. The fourth-order valence-corrected chi connectivity index (χ4v) is 7.00. The standard InChI is InChI=1S/C40H48N8O7/c1-7-23(4)47(36(49)18-42-39(51)53-5)20-34-41-17-32(45-34)25-10-12-28-26(14-25)22-55-33-16-29-24(15-30(28)33)11-13-31-38(29)46-35(44-31)21-48(27(8-2)9-3)37(50)19-43-40(52)54-6/h10-17,23,27H,7-9,18-22H2,1-6H3,(H,41,45)(H,42,51)(H,43,52)(H,44,46)/t23-/m0/s1. The first-order valence-corrected chi connectivity index (χ1v) is 18.5. The first-order chi connectivity index (χ1) is 26.6. The van der Waals surface area contributed by atoms with Gasteiger partial charge in [-0.2, -0.15) is 0 Å². The molecule has 3 heterocycles. The number of hydrogen-bond donors (Lipinski definition) is 4. The number of carbonyl (C=O) groups excluding carboxylic acids is 4. The van der Waals surface area contributed by atoms with E-state index in [1.165, 1.54) is 14.2 Å². The van der Waals surface area contributed by atoms with Gasteiger partial charge in [-0.25, -0.2) is 19.6 Å². The number of alkyl carbamates (subject to hydrolysis) is 2. The molecule has 290 valence electrons. The van der Waals surface area contributed by atoms with E-state index in [0.717, 1.165) is 74.8 Å². The van der Waals surface area contributed by atoms with E-state index in [-0.39, 0.29) is 50.1 Å². The summed E-state index contributed by atoms with van der Waals surface area (Å²) in [5.74, 6) is 1.60. The molecule has 0 unspecified atom stereocenters. The summed E-state index contributed by atoms with van der Waals surface area (Å²) in [5.41, 5.74) is 6.47. The average Bonchev–Trinajstić information content (AvgIpc) is 3.86. The van der Waals surface area contributed by atoms with Crippen molar-refractivity contribution in [2.75, 3.05) is 27.3 Å². The molecule has 3 aromatic carbocycles. The summed E-state index contributed by atoms with van der Waals surface area (Å²) in [6.45, 7) is 8.61. The average molecular weight is 753 g/mol. The van der Waals surface area contributed by atoms with Crippen molar-refractivity contribution in [1.82, 2.24) is 40.4 Å². The Balaban J connectivity index is 1.22. The second-order valence-corrected chi connectivity index (χ2v) is 13.6. The number of nitrogens with zero attached hydrogens (tertiary/aromatic N) is 4. The third kappa shape index (κ3) is 8.35. The number of benzene rings is 3. The summed E-state index contributed by atoms with van der Waals surface area (Å²) in [5, 5.41) is 6.93. The van der Waals surface area contributed by atoms with Crippen LogP contribution in [0.1, 0.15) is 64.2 Å². The highest BCUT2D eigenvalue weighted by Gasteiger charge is 2.25. The minimum Gasteiger partial charge on any atom is -0.488 e. The van der Waals surface area contributed by atoms with Gasteiger partial charge in [0.05, 0.1) is 50.2 Å². The van der Waals surface area contributed by atoms with Crippen LogP contribution in [0.15, 0.2) is 48.7 Å². The Kier molecular flexibility index (Phi) is 11.9. The van der Waals surface area contributed by atoms with Crippen LogP contribution in [0.3, 0.4) is 0 Å². The maximum atomic E-state index is 13.2. The van der Waals surface area contributed by atoms with Crippen molar-refractivity contribution < 1.29 is 33.4 Å². The topological polar surface area (TPSA) is 184 Å². The molecule has 0 bridgehead atoms. The largest absolute Gasteiger partial charge is 0.488 e. The van der Waals surface area contributed by atoms with Crippen LogP contribution in [0.2, 0.25) is 0 Å². The summed E-state index contributed by atoms with van der Waals surface area (Å²) in [6, 6.07) is 14.3. The van der Waals surface area contributed by atoms with Gasteiger partial charge in [-0.15, -0.1) is 0 Å². The van der Waals surface area contributed by atoms with E-state index in [2.05, 4.69) is 53.3 Å². The van der Waals surface area contributed by atoms with E-state index in [1.807, 2.05) is 52.0 Å². The number of fused-ring (bicyclic) bond motifs is 6. The Morgan fingerprint density at radius 1 is 0.836 bits per heavy atom. The molecule has 55 heavy (non-hydrogen) atoms. The number of imidazole rings is 2. The number of H-pyrrole nitrogens is 2. The molecule has 0 aliphatic carbocycles. The van der Waals surface area contributed by atoms with Crippen LogP contribution in [0.4, 0.5) is 9.59 Å². The first-order valence-electron chi connectivity index (χ1n) is 18.5. The lowest BCUT2D eigenvalue weighted by molar-refractivity contribution is -0.134. The van der Waals surface area contributed by atoms with Crippen molar-refractivity contribution in [1.29, 1.82) is 0 Å². The van der Waals surface area contributed by atoms with E-state index in [1.54, 1.807) is 16.0 Å². The van der Waals surface area contributed by atoms with Crippen molar-refractivity contribution in [2.45, 2.75) is 78.7 Å². The van der Waals surface area contributed by atoms with E-state index in [4.69, 9.17) is 9.72 Å². The minimum atomic E-state index is -0.659. The van der Waals surface area contributed by atoms with Crippen molar-refractivity contribution in [2.24, 2.45) is 0 Å². The van der Waals surface area contributed by atoms with Gasteiger partial charge in [0.1, 0.15) is 37.1 Å². The number of carbonyl (C=O) groups is 4. The van der Waals surface area contributed by atoms with Gasteiger partial charge in [-0.05, 0) is 72.5 Å². The van der Waals surface area contributed by atoms with Gasteiger partial charge in [0.25, 0.3) is 0 Å². The second kappa shape index (κ2) is 16.9. The van der Waals surface area contributed by atoms with Crippen LogP contribution in [0, 0.1) is 0 Å². The number of aromatic amines is 2. The number of aromatic nitrogens is 4. The SMILES string of the molecule is CCC(CC)N(Cc1nc2ccc3cc4c(cc3c2[nH]1)OCc1cc(-c2cnc(CN(C(=O)CNC(=O)OC)[C@@H](C)CC)[nH]2)ccc1-4)C(=O)CNC(=O)OC. The lowest BCUT2D eigenvalue weighted by atomic mass is 9.92. The molecule has 15 nitrogen and oxygen atoms in total. The Morgan fingerprint density at radius 2 is 1.53 bits per heavy atom. The van der Waals surface area contributed by atoms with Crippen molar-refractivity contribution >= 4 is 45.8 Å². The van der Waals surface area contributed by atoms with Crippen molar-refractivity contribution in [3.8, 4) is 28.1 Å². The monoisotopic (exact) mass is 752 g/mol. The fraction of sp³-hybridized carbons (Fsp3) is 0.400. The third-order valence-corrected chi connectivity index (χ3v) is 10.3. The molecule has 15 heteroatoms. The summed E-state index contributed by atoms with van der Waals surface area (Å²) in [7, 11) is 2.52. The zero-order chi connectivity index (χ0) is 39.2. The number of hydrogen-bond acceptors (Lipinski definition) is 9. The van der Waals surface area contributed by atoms with E-state index >= 15 is 0 Å². The summed E-state index contributed by atoms with van der Waals surface area (Å²) in [4.78, 5) is 69.1. The maximum Gasteiger partial charge on any atom is 0.407 e. The van der Waals surface area contributed by atoms with E-state index < -0.39 is 12.2 Å². The molecule has 1 atom stereocenters. The number of methoxy groups -OCH3 is 2. The number of nitrogens with one attached hydrogen (secondary N) is 4. The molecular formula is C40H48N8O7. The quantitative estimate of drug-likeness (QED) is 0.105. The number of amides is 4. The van der Waals surface area contributed by atoms with Gasteiger partial charge >= 0.3 is 12.2 Å². The smallest absolute Gasteiger partial charge is 0.407 e. The molecule has 5 aromatic rings. The molecule has 0 spiro atoms. The minimum absolute atomic E-state index is 0.0213. The van der Waals surface area contributed by atoms with Crippen LogP contribution >= 0.6 is 0 Å². The van der Waals surface area contributed by atoms with Gasteiger partial charge in [0.15, 0.2) is 0 Å². The van der Waals surface area contributed by atoms with Crippen LogP contribution in [0.5, 0.6) is 5.75 Å². The zero-order valence-corrected chi connectivity index (χ0v) is 32.1. The highest BCUT2D eigenvalue weighted by atomic mass is 16.5. The first kappa shape index (κ1) is 38.6. The molecule has 0 fully saturated rings. The Hall–Kier alpha value is -6.12. The molecule has 6 rings (SSSR count). The second-order valence-electron chi connectivity index (χ2n) is 13.6. The summed E-state index contributed by atoms with van der Waals surface area (Å²) >= 11 is 0. The Labute approximate surface area is 319 Å². The number of ether oxygens (including phenoxy) is 3. The highest BCUT2D eigenvalue weighted by Crippen LogP contribution is 2.42. The summed E-state index contributed by atoms with van der Waals surface area (Å²) < 4.78 is 15.6. The van der Waals surface area contributed by atoms with E-state index in [9.17, 15) is 19.2 Å². The highest BCUT2D eigenvalue weighted by molar-refractivity contribution is 6.07. The number of rotatable bonds is 14. The Bertz CT molecular complexity index is 2210. The third-order valence-electron chi connectivity index (χ3n) is 10.3. The molecule has 1 aliphatic rings. The summed E-state index contributed by atoms with van der Waals surface area (Å²) in [6.07, 6.45) is 2.71. The molecule has 1 aliphatic heterocycles. The lowest BCUT2D eigenvalue weighted by Gasteiger charge is -2.30. The van der Waals surface area contributed by atoms with Crippen molar-refractivity contribution in [3.63, 3.8) is 0 Å². The van der Waals surface area contributed by atoms with Crippen LogP contribution in [-0.2, 0) is 38.8 Å². The molecule has 0 saturated heterocycles. The maximum absolute atomic E-state index is 13.2. The molecule has 2 aromatic heterocycles. The van der Waals surface area contributed by atoms with Crippen LogP contribution in [0.25, 0.3) is 44.2 Å². The van der Waals surface area contributed by atoms with Crippen LogP contribution < -0.4 is 15.4 Å². The predicted molar refractivity (Wildman–Crippen MR) is 207 cm³/mol. The van der Waals surface area contributed by atoms with Gasteiger partial charge < -0.3 is 44.6 Å². The van der Waals surface area contributed by atoms with E-state index in [0.29, 0.717) is 18.3 Å². The molecule has 4 amide bonds. The zero-order valence-electron chi connectivity index (χ0n) is 32.1. The lowest BCUT2D eigenvalue weighted by Crippen LogP contribution is -2.45. The fourth-order valence-electron chi connectivity index (χ4n) is 7.00. The molecular weight excluding hydrogens is 704 g/mol. The van der Waals surface area contributed by atoms with Crippen molar-refractivity contribution in [3.05, 3.63) is 65.9 Å². The molecule has 0 saturated carbocycles. The van der Waals surface area contributed by atoms with Gasteiger partial charge in [-0.3, -0.25) is 9.59 Å².